The average molecular weight is 445 g/mol. The van der Waals surface area contributed by atoms with Gasteiger partial charge in [-0.05, 0) is 42.5 Å². The van der Waals surface area contributed by atoms with Crippen molar-refractivity contribution < 1.29 is 12.8 Å². The van der Waals surface area contributed by atoms with Gasteiger partial charge in [-0.1, -0.05) is 0 Å². The van der Waals surface area contributed by atoms with E-state index in [2.05, 4.69) is 4.98 Å². The van der Waals surface area contributed by atoms with E-state index in [-0.39, 0.29) is 17.6 Å². The van der Waals surface area contributed by atoms with Crippen LogP contribution in [0.1, 0.15) is 31.1 Å². The molecule has 8 heteroatoms. The molecule has 0 saturated carbocycles. The second-order valence-electron chi connectivity index (χ2n) is 5.15. The van der Waals surface area contributed by atoms with Crippen LogP contribution in [0.15, 0.2) is 12.1 Å². The summed E-state index contributed by atoms with van der Waals surface area (Å²) in [6, 6.07) is 2.64. The van der Waals surface area contributed by atoms with E-state index in [1.165, 1.54) is 12.3 Å². The van der Waals surface area contributed by atoms with Crippen LogP contribution in [-0.2, 0) is 9.84 Å². The summed E-state index contributed by atoms with van der Waals surface area (Å²) < 4.78 is 39.1. The van der Waals surface area contributed by atoms with Crippen LogP contribution in [0.25, 0.3) is 11.0 Å². The second-order valence-corrected chi connectivity index (χ2v) is 9.15. The van der Waals surface area contributed by atoms with Gasteiger partial charge in [0.15, 0.2) is 0 Å². The van der Waals surface area contributed by atoms with Crippen LogP contribution >= 0.6 is 34.2 Å². The Labute approximate surface area is 141 Å². The number of hydrogen-bond donors (Lipinski definition) is 0. The van der Waals surface area contributed by atoms with Crippen LogP contribution in [0.4, 0.5) is 4.39 Å². The molecule has 0 N–H and O–H groups in total. The van der Waals surface area contributed by atoms with E-state index < -0.39 is 15.2 Å². The molecule has 1 heterocycles. The summed E-state index contributed by atoms with van der Waals surface area (Å²) in [6.07, 6.45) is 1.18. The number of fused-ring (bicyclic) bond motifs is 1. The molecule has 2 atom stereocenters. The number of benzene rings is 1. The van der Waals surface area contributed by atoms with Gasteiger partial charge < -0.3 is 4.57 Å². The maximum atomic E-state index is 13.8. The quantitative estimate of drug-likeness (QED) is 0.534. The van der Waals surface area contributed by atoms with Gasteiger partial charge in [-0.2, -0.15) is 0 Å². The van der Waals surface area contributed by atoms with Gasteiger partial charge in [0, 0.05) is 18.4 Å². The number of aromatic nitrogens is 2. The highest BCUT2D eigenvalue weighted by Gasteiger charge is 2.22. The van der Waals surface area contributed by atoms with Crippen molar-refractivity contribution in [3.63, 3.8) is 0 Å². The summed E-state index contributed by atoms with van der Waals surface area (Å²) in [5.41, 5.74) is 1.18. The topological polar surface area (TPSA) is 52.0 Å². The molecule has 0 aliphatic rings. The maximum absolute atomic E-state index is 13.8. The third-order valence-corrected chi connectivity index (χ3v) is 5.21. The third-order valence-electron chi connectivity index (χ3n) is 3.10. The summed E-state index contributed by atoms with van der Waals surface area (Å²) >= 11 is 8.04. The van der Waals surface area contributed by atoms with Gasteiger partial charge in [0.1, 0.15) is 21.5 Å². The standard InChI is InChI=1S/C13H15ClFIN2O2S/c1-7(6-21(3,19)20)18-12-4-9(15)10(16)5-11(12)17-13(18)8(2)14/h4-5,7-8H,6H2,1-3H3. The van der Waals surface area contributed by atoms with E-state index in [4.69, 9.17) is 11.6 Å². The van der Waals surface area contributed by atoms with Crippen molar-refractivity contribution in [3.05, 3.63) is 27.3 Å². The molecule has 4 nitrogen and oxygen atoms in total. The van der Waals surface area contributed by atoms with Crippen LogP contribution in [0.5, 0.6) is 0 Å². The molecule has 2 aromatic rings. The molecule has 116 valence electrons. The van der Waals surface area contributed by atoms with Crippen molar-refractivity contribution in [1.29, 1.82) is 0 Å². The summed E-state index contributed by atoms with van der Waals surface area (Å²) in [7, 11) is -3.17. The molecule has 0 aliphatic carbocycles. The number of nitrogens with zero attached hydrogens (tertiary/aromatic N) is 2. The summed E-state index contributed by atoms with van der Waals surface area (Å²) in [4.78, 5) is 4.43. The molecule has 1 aromatic carbocycles. The van der Waals surface area contributed by atoms with E-state index in [9.17, 15) is 12.8 Å². The molecule has 0 aliphatic heterocycles. The predicted molar refractivity (Wildman–Crippen MR) is 91.1 cm³/mol. The molecule has 2 rings (SSSR count). The molecule has 0 amide bonds. The number of imidazole rings is 1. The minimum atomic E-state index is -3.17. The van der Waals surface area contributed by atoms with E-state index in [1.54, 1.807) is 24.5 Å². The molecule has 0 fully saturated rings. The second kappa shape index (κ2) is 6.00. The Bertz CT molecular complexity index is 789. The smallest absolute Gasteiger partial charge is 0.149 e. The van der Waals surface area contributed by atoms with Crippen LogP contribution in [0, 0.1) is 9.39 Å². The first-order chi connectivity index (χ1) is 9.60. The van der Waals surface area contributed by atoms with E-state index in [1.807, 2.05) is 22.6 Å². The molecule has 2 unspecified atom stereocenters. The van der Waals surface area contributed by atoms with Crippen molar-refractivity contribution in [2.24, 2.45) is 0 Å². The van der Waals surface area contributed by atoms with Crippen LogP contribution in [-0.4, -0.2) is 30.0 Å². The Balaban J connectivity index is 2.69. The normalized spacial score (nSPS) is 15.3. The Hall–Kier alpha value is -0.410. The van der Waals surface area contributed by atoms with Crippen molar-refractivity contribution in [1.82, 2.24) is 9.55 Å². The largest absolute Gasteiger partial charge is 0.323 e. The van der Waals surface area contributed by atoms with Crippen molar-refractivity contribution in [2.45, 2.75) is 25.3 Å². The predicted octanol–water partition coefficient (Wildman–Crippen LogP) is 3.69. The van der Waals surface area contributed by atoms with Gasteiger partial charge in [-0.25, -0.2) is 17.8 Å². The van der Waals surface area contributed by atoms with Crippen LogP contribution in [0.2, 0.25) is 0 Å². The highest BCUT2D eigenvalue weighted by Crippen LogP contribution is 2.30. The Morgan fingerprint density at radius 3 is 2.57 bits per heavy atom. The lowest BCUT2D eigenvalue weighted by molar-refractivity contribution is 0.554. The highest BCUT2D eigenvalue weighted by atomic mass is 127. The molecule has 0 radical (unpaired) electrons. The van der Waals surface area contributed by atoms with Gasteiger partial charge in [0.05, 0.1) is 25.7 Å². The lowest BCUT2D eigenvalue weighted by atomic mass is 10.2. The van der Waals surface area contributed by atoms with Crippen LogP contribution in [0.3, 0.4) is 0 Å². The zero-order valence-corrected chi connectivity index (χ0v) is 15.5. The van der Waals surface area contributed by atoms with E-state index in [0.717, 1.165) is 0 Å². The lowest BCUT2D eigenvalue weighted by Gasteiger charge is -2.17. The molecular weight excluding hydrogens is 430 g/mol. The fraction of sp³-hybridized carbons (Fsp3) is 0.462. The van der Waals surface area contributed by atoms with E-state index in [0.29, 0.717) is 20.4 Å². The number of rotatable bonds is 4. The number of sulfone groups is 1. The highest BCUT2D eigenvalue weighted by molar-refractivity contribution is 14.1. The maximum Gasteiger partial charge on any atom is 0.149 e. The molecule has 0 spiro atoms. The molecular formula is C13H15ClFIN2O2S. The van der Waals surface area contributed by atoms with Gasteiger partial charge in [-0.15, -0.1) is 11.6 Å². The SMILES string of the molecule is CC(Cl)c1nc2cc(I)c(F)cc2n1C(C)CS(C)(=O)=O. The first kappa shape index (κ1) is 17.0. The average Bonchev–Trinajstić information content (AvgIpc) is 2.66. The molecule has 0 saturated heterocycles. The lowest BCUT2D eigenvalue weighted by Crippen LogP contribution is -2.18. The molecule has 1 aromatic heterocycles. The summed E-state index contributed by atoms with van der Waals surface area (Å²) in [5, 5.41) is -0.403. The third kappa shape index (κ3) is 3.68. The minimum absolute atomic E-state index is 0.0529. The van der Waals surface area contributed by atoms with Gasteiger partial charge in [-0.3, -0.25) is 0 Å². The van der Waals surface area contributed by atoms with Gasteiger partial charge >= 0.3 is 0 Å². The van der Waals surface area contributed by atoms with Crippen LogP contribution < -0.4 is 0 Å². The fourth-order valence-corrected chi connectivity index (χ4v) is 4.00. The van der Waals surface area contributed by atoms with Gasteiger partial charge in [0.25, 0.3) is 0 Å². The Kier molecular flexibility index (Phi) is 4.84. The van der Waals surface area contributed by atoms with Crippen molar-refractivity contribution in [3.8, 4) is 0 Å². The Morgan fingerprint density at radius 1 is 1.43 bits per heavy atom. The van der Waals surface area contributed by atoms with Crippen molar-refractivity contribution >= 4 is 55.1 Å². The van der Waals surface area contributed by atoms with Crippen molar-refractivity contribution in [2.75, 3.05) is 12.0 Å². The fourth-order valence-electron chi connectivity index (χ4n) is 2.37. The first-order valence-corrected chi connectivity index (χ1v) is 9.86. The van der Waals surface area contributed by atoms with E-state index >= 15 is 0 Å². The molecule has 21 heavy (non-hydrogen) atoms. The molecule has 0 bridgehead atoms. The Morgan fingerprint density at radius 2 is 2.05 bits per heavy atom. The number of halogens is 3. The number of hydrogen-bond acceptors (Lipinski definition) is 3. The zero-order chi connectivity index (χ0) is 15.9. The zero-order valence-electron chi connectivity index (χ0n) is 11.8. The summed E-state index contributed by atoms with van der Waals surface area (Å²) in [5.74, 6) is 0.136. The first-order valence-electron chi connectivity index (χ1n) is 6.29. The monoisotopic (exact) mass is 444 g/mol. The van der Waals surface area contributed by atoms with Gasteiger partial charge in [0.2, 0.25) is 0 Å². The minimum Gasteiger partial charge on any atom is -0.323 e. The summed E-state index contributed by atoms with van der Waals surface area (Å²) in [6.45, 7) is 3.52. The number of alkyl halides is 1.